The molecule has 1 heterocycles. The maximum atomic E-state index is 11.9. The van der Waals surface area contributed by atoms with Gasteiger partial charge in [-0.1, -0.05) is 26.0 Å². The minimum Gasteiger partial charge on any atom is -0.357 e. The van der Waals surface area contributed by atoms with Crippen molar-refractivity contribution >= 4 is 28.9 Å². The van der Waals surface area contributed by atoms with Crippen LogP contribution in [-0.2, 0) is 17.9 Å². The van der Waals surface area contributed by atoms with E-state index in [2.05, 4.69) is 25.9 Å². The number of aliphatic imine (C=N–C) groups is 1. The van der Waals surface area contributed by atoms with E-state index in [0.29, 0.717) is 25.4 Å². The van der Waals surface area contributed by atoms with Crippen LogP contribution in [0.3, 0.4) is 0 Å². The van der Waals surface area contributed by atoms with E-state index >= 15 is 0 Å². The van der Waals surface area contributed by atoms with Crippen molar-refractivity contribution in [2.24, 2.45) is 10.9 Å². The normalized spacial score (nSPS) is 11.5. The molecule has 0 saturated carbocycles. The highest BCUT2D eigenvalue weighted by molar-refractivity contribution is 7.11. The van der Waals surface area contributed by atoms with Crippen molar-refractivity contribution in [2.45, 2.75) is 47.2 Å². The highest BCUT2D eigenvalue weighted by Gasteiger charge is 2.06. The summed E-state index contributed by atoms with van der Waals surface area (Å²) in [5.74, 6) is 1.13. The Morgan fingerprint density at radius 2 is 2.11 bits per heavy atom. The van der Waals surface area contributed by atoms with E-state index in [1.807, 2.05) is 58.2 Å². The van der Waals surface area contributed by atoms with Gasteiger partial charge in [-0.2, -0.15) is 0 Å². The van der Waals surface area contributed by atoms with Gasteiger partial charge in [0, 0.05) is 29.7 Å². The van der Waals surface area contributed by atoms with Crippen LogP contribution in [0.15, 0.2) is 35.5 Å². The fraction of sp³-hybridized carbons (Fsp3) is 0.450. The maximum Gasteiger partial charge on any atom is 0.224 e. The van der Waals surface area contributed by atoms with E-state index in [0.717, 1.165) is 28.8 Å². The molecule has 0 aliphatic rings. The number of nitrogens with one attached hydrogen (secondary N) is 3. The van der Waals surface area contributed by atoms with Crippen LogP contribution < -0.4 is 16.0 Å². The average Bonchev–Trinajstić information content (AvgIpc) is 3.02. The molecule has 0 spiro atoms. The smallest absolute Gasteiger partial charge is 0.224 e. The molecular formula is C20H29N5OS. The third kappa shape index (κ3) is 7.78. The lowest BCUT2D eigenvalue weighted by atomic mass is 10.1. The minimum atomic E-state index is 0.0411. The lowest BCUT2D eigenvalue weighted by molar-refractivity contribution is -0.116. The van der Waals surface area contributed by atoms with Crippen LogP contribution >= 0.6 is 11.3 Å². The first-order chi connectivity index (χ1) is 13.0. The van der Waals surface area contributed by atoms with E-state index in [1.54, 1.807) is 11.3 Å². The third-order valence-corrected chi connectivity index (χ3v) is 4.56. The van der Waals surface area contributed by atoms with E-state index in [-0.39, 0.29) is 5.91 Å². The standard InChI is InChI=1S/C20H29N5OS/c1-5-21-20(24-13-19-22-11-15(4)27-19)23-12-16-7-6-8-17(10-16)25-18(26)9-14(2)3/h6-8,10-11,14H,5,9,12-13H2,1-4H3,(H,25,26)(H2,21,23,24). The van der Waals surface area contributed by atoms with Crippen molar-refractivity contribution in [3.63, 3.8) is 0 Å². The highest BCUT2D eigenvalue weighted by Crippen LogP contribution is 2.13. The predicted octanol–water partition coefficient (Wildman–Crippen LogP) is 3.69. The Balaban J connectivity index is 1.95. The fourth-order valence-corrected chi connectivity index (χ4v) is 3.21. The number of aryl methyl sites for hydroxylation is 1. The quantitative estimate of drug-likeness (QED) is 0.477. The Hall–Kier alpha value is -2.41. The van der Waals surface area contributed by atoms with E-state index in [1.165, 1.54) is 4.88 Å². The van der Waals surface area contributed by atoms with Crippen LogP contribution in [0.2, 0.25) is 0 Å². The monoisotopic (exact) mass is 387 g/mol. The summed E-state index contributed by atoms with van der Waals surface area (Å²) in [7, 11) is 0. The number of nitrogens with zero attached hydrogens (tertiary/aromatic N) is 2. The summed E-state index contributed by atoms with van der Waals surface area (Å²) in [4.78, 5) is 22.1. The molecule has 0 bridgehead atoms. The Morgan fingerprint density at radius 1 is 1.30 bits per heavy atom. The van der Waals surface area contributed by atoms with Crippen LogP contribution in [0.1, 0.15) is 42.6 Å². The first-order valence-electron chi connectivity index (χ1n) is 9.28. The van der Waals surface area contributed by atoms with Crippen molar-refractivity contribution in [3.05, 3.63) is 45.9 Å². The molecule has 0 saturated heterocycles. The molecule has 0 atom stereocenters. The van der Waals surface area contributed by atoms with Gasteiger partial charge in [-0.05, 0) is 37.5 Å². The maximum absolute atomic E-state index is 11.9. The molecule has 0 aliphatic carbocycles. The van der Waals surface area contributed by atoms with Gasteiger partial charge in [-0.25, -0.2) is 9.98 Å². The number of guanidine groups is 1. The molecule has 146 valence electrons. The molecule has 2 rings (SSSR count). The van der Waals surface area contributed by atoms with Crippen LogP contribution in [0, 0.1) is 12.8 Å². The van der Waals surface area contributed by atoms with Crippen molar-refractivity contribution in [3.8, 4) is 0 Å². The van der Waals surface area contributed by atoms with Crippen LogP contribution in [0.25, 0.3) is 0 Å². The first kappa shape index (κ1) is 20.9. The number of rotatable bonds is 8. The molecular weight excluding hydrogens is 358 g/mol. The summed E-state index contributed by atoms with van der Waals surface area (Å²) in [5, 5.41) is 10.5. The zero-order valence-corrected chi connectivity index (χ0v) is 17.3. The predicted molar refractivity (Wildman–Crippen MR) is 113 cm³/mol. The zero-order chi connectivity index (χ0) is 19.6. The van der Waals surface area contributed by atoms with Gasteiger partial charge in [0.05, 0.1) is 13.1 Å². The molecule has 2 aromatic rings. The van der Waals surface area contributed by atoms with Crippen molar-refractivity contribution in [2.75, 3.05) is 11.9 Å². The molecule has 0 fully saturated rings. The van der Waals surface area contributed by atoms with Gasteiger partial charge in [-0.3, -0.25) is 4.79 Å². The van der Waals surface area contributed by atoms with Gasteiger partial charge in [-0.15, -0.1) is 11.3 Å². The topological polar surface area (TPSA) is 78.4 Å². The molecule has 0 unspecified atom stereocenters. The van der Waals surface area contributed by atoms with Gasteiger partial charge in [0.1, 0.15) is 5.01 Å². The Morgan fingerprint density at radius 3 is 2.78 bits per heavy atom. The number of anilines is 1. The summed E-state index contributed by atoms with van der Waals surface area (Å²) in [6.07, 6.45) is 2.40. The van der Waals surface area contributed by atoms with Crippen molar-refractivity contribution in [1.29, 1.82) is 0 Å². The van der Waals surface area contributed by atoms with Gasteiger partial charge in [0.25, 0.3) is 0 Å². The fourth-order valence-electron chi connectivity index (χ4n) is 2.48. The molecule has 1 aromatic carbocycles. The van der Waals surface area contributed by atoms with Gasteiger partial charge < -0.3 is 16.0 Å². The number of hydrogen-bond acceptors (Lipinski definition) is 4. The summed E-state index contributed by atoms with van der Waals surface area (Å²) >= 11 is 1.68. The average molecular weight is 388 g/mol. The Labute approximate surface area is 165 Å². The second-order valence-electron chi connectivity index (χ2n) is 6.76. The number of carbonyl (C=O) groups excluding carboxylic acids is 1. The number of aromatic nitrogens is 1. The second kappa shape index (κ2) is 10.7. The summed E-state index contributed by atoms with van der Waals surface area (Å²) < 4.78 is 0. The molecule has 6 nitrogen and oxygen atoms in total. The van der Waals surface area contributed by atoms with Gasteiger partial charge in [0.2, 0.25) is 5.91 Å². The molecule has 1 amide bonds. The van der Waals surface area contributed by atoms with Crippen molar-refractivity contribution in [1.82, 2.24) is 15.6 Å². The first-order valence-corrected chi connectivity index (χ1v) is 10.1. The zero-order valence-electron chi connectivity index (χ0n) is 16.5. The van der Waals surface area contributed by atoms with Gasteiger partial charge >= 0.3 is 0 Å². The highest BCUT2D eigenvalue weighted by atomic mass is 32.1. The van der Waals surface area contributed by atoms with Crippen molar-refractivity contribution < 1.29 is 4.79 Å². The molecule has 0 radical (unpaired) electrons. The lowest BCUT2D eigenvalue weighted by Gasteiger charge is -2.11. The summed E-state index contributed by atoms with van der Waals surface area (Å²) in [5.41, 5.74) is 1.85. The Bertz CT molecular complexity index is 769. The van der Waals surface area contributed by atoms with E-state index in [4.69, 9.17) is 0 Å². The number of benzene rings is 1. The summed E-state index contributed by atoms with van der Waals surface area (Å²) in [6, 6.07) is 7.82. The van der Waals surface area contributed by atoms with E-state index < -0.39 is 0 Å². The van der Waals surface area contributed by atoms with Crippen LogP contribution in [0.4, 0.5) is 5.69 Å². The number of carbonyl (C=O) groups is 1. The lowest BCUT2D eigenvalue weighted by Crippen LogP contribution is -2.36. The molecule has 7 heteroatoms. The largest absolute Gasteiger partial charge is 0.357 e. The van der Waals surface area contributed by atoms with Crippen LogP contribution in [0.5, 0.6) is 0 Å². The molecule has 27 heavy (non-hydrogen) atoms. The Kier molecular flexibility index (Phi) is 8.26. The van der Waals surface area contributed by atoms with Gasteiger partial charge in [0.15, 0.2) is 5.96 Å². The number of hydrogen-bond donors (Lipinski definition) is 3. The third-order valence-electron chi connectivity index (χ3n) is 3.64. The molecule has 0 aliphatic heterocycles. The molecule has 3 N–H and O–H groups in total. The molecule has 1 aromatic heterocycles. The summed E-state index contributed by atoms with van der Waals surface area (Å²) in [6.45, 7) is 10.1. The number of thiazole rings is 1. The number of amides is 1. The second-order valence-corrected chi connectivity index (χ2v) is 8.08. The van der Waals surface area contributed by atoms with E-state index in [9.17, 15) is 4.79 Å². The van der Waals surface area contributed by atoms with Crippen LogP contribution in [-0.4, -0.2) is 23.4 Å². The minimum absolute atomic E-state index is 0.0411. The SMILES string of the molecule is CCNC(=NCc1cccc(NC(=O)CC(C)C)c1)NCc1ncc(C)s1.